The third kappa shape index (κ3) is 14.2. The maximum atomic E-state index is 14.3. The van der Waals surface area contributed by atoms with E-state index < -0.39 is 77.9 Å². The van der Waals surface area contributed by atoms with Crippen LogP contribution in [0.25, 0.3) is 0 Å². The minimum atomic E-state index is -2.41. The summed E-state index contributed by atoms with van der Waals surface area (Å²) in [4.78, 5) is 71.4. The molecule has 0 aromatic rings. The van der Waals surface area contributed by atoms with Crippen LogP contribution in [-0.4, -0.2) is 132 Å². The molecule has 1 amide bonds. The van der Waals surface area contributed by atoms with Crippen molar-refractivity contribution in [2.75, 3.05) is 27.9 Å². The standard InChI is InChI=1S/C49H77NO13/c1-30-17-13-11-9-10-12-14-18-36(59-6)28-37-22-20-34(5)49(58,63-37)46(55)47(56)50-24-16-15-19-38(50)48(57)62-41(32(3)26-35-21-23-39(51)42(27-35)60-7)29-40(52)31(2)25-33(4)44(54)45(61-8)43(30)53/h10,12,14,18,25,30-32,34-39,41-42,44-45,51,54,58H,9,11,13,15-17,19-24,26-29H2,1-8H3/b12-10+,18-14+,33-25+/t30-,31-,32-,34-,35-,36-,37+,38+,39-,41+,42-,44-,45+,49-/m1/s1. The maximum absolute atomic E-state index is 14.3. The number of aliphatic hydroxyl groups is 3. The summed E-state index contributed by atoms with van der Waals surface area (Å²) in [5, 5.41) is 33.7. The molecule has 3 heterocycles. The van der Waals surface area contributed by atoms with Gasteiger partial charge in [-0.1, -0.05) is 64.5 Å². The van der Waals surface area contributed by atoms with Crippen LogP contribution in [0.3, 0.4) is 0 Å². The van der Waals surface area contributed by atoms with Crippen molar-refractivity contribution >= 4 is 29.2 Å². The third-order valence-corrected chi connectivity index (χ3v) is 14.1. The summed E-state index contributed by atoms with van der Waals surface area (Å²) in [6.07, 6.45) is 12.1. The van der Waals surface area contributed by atoms with E-state index >= 15 is 0 Å². The number of esters is 1. The molecule has 4 rings (SSSR count). The van der Waals surface area contributed by atoms with Gasteiger partial charge in [-0.3, -0.25) is 19.2 Å². The van der Waals surface area contributed by atoms with Crippen LogP contribution in [0.4, 0.5) is 0 Å². The Morgan fingerprint density at radius 2 is 1.60 bits per heavy atom. The molecule has 14 atom stereocenters. The Morgan fingerprint density at radius 3 is 2.30 bits per heavy atom. The molecule has 0 unspecified atom stereocenters. The minimum Gasteiger partial charge on any atom is -0.460 e. The van der Waals surface area contributed by atoms with Crippen LogP contribution in [0.1, 0.15) is 131 Å². The van der Waals surface area contributed by atoms with E-state index in [4.69, 9.17) is 23.7 Å². The Labute approximate surface area is 375 Å². The maximum Gasteiger partial charge on any atom is 0.329 e. The third-order valence-electron chi connectivity index (χ3n) is 14.1. The summed E-state index contributed by atoms with van der Waals surface area (Å²) < 4.78 is 29.1. The largest absolute Gasteiger partial charge is 0.460 e. The fraction of sp³-hybridized carbons (Fsp3) is 0.776. The monoisotopic (exact) mass is 888 g/mol. The van der Waals surface area contributed by atoms with Crippen molar-refractivity contribution in [3.05, 3.63) is 36.0 Å². The van der Waals surface area contributed by atoms with E-state index in [2.05, 4.69) is 0 Å². The SMILES string of the molecule is CO[C@@H]1/C=C/C=C/CCCC[C@@H](C)C(=O)[C@H](OC)[C@H](O)/C(C)=C/[C@@H](C)C(=O)C[C@@H]([C@H](C)C[C@H]2CC[C@@H](O)[C@H](OC)C2)OC(=O)[C@@H]2CCCCN2C(=O)C(=O)[C@]2(O)O[C@@H](CC[C@H]2C)C1. The first kappa shape index (κ1) is 52.5. The number of methoxy groups -OCH3 is 3. The van der Waals surface area contributed by atoms with E-state index in [0.29, 0.717) is 63.4 Å². The number of nitrogens with zero attached hydrogens (tertiary/aromatic N) is 1. The number of carbonyl (C=O) groups is 5. The van der Waals surface area contributed by atoms with E-state index in [1.807, 2.05) is 38.2 Å². The predicted molar refractivity (Wildman–Crippen MR) is 236 cm³/mol. The van der Waals surface area contributed by atoms with Gasteiger partial charge in [-0.25, -0.2) is 4.79 Å². The van der Waals surface area contributed by atoms with Crippen molar-refractivity contribution in [1.82, 2.24) is 4.90 Å². The van der Waals surface area contributed by atoms with Crippen molar-refractivity contribution in [3.63, 3.8) is 0 Å². The summed E-state index contributed by atoms with van der Waals surface area (Å²) in [6, 6.07) is -1.13. The van der Waals surface area contributed by atoms with Crippen LogP contribution in [0.5, 0.6) is 0 Å². The molecular formula is C49H77NO13. The van der Waals surface area contributed by atoms with Crippen LogP contribution in [0.15, 0.2) is 36.0 Å². The van der Waals surface area contributed by atoms with Crippen molar-refractivity contribution in [3.8, 4) is 0 Å². The van der Waals surface area contributed by atoms with Gasteiger partial charge in [-0.15, -0.1) is 0 Å². The number of carbonyl (C=O) groups excluding carboxylic acids is 5. The van der Waals surface area contributed by atoms with Gasteiger partial charge < -0.3 is 43.9 Å². The molecule has 0 aromatic heterocycles. The quantitative estimate of drug-likeness (QED) is 0.166. The lowest BCUT2D eigenvalue weighted by Crippen LogP contribution is -2.60. The number of rotatable bonds is 6. The average Bonchev–Trinajstić information content (AvgIpc) is 3.27. The molecule has 2 bridgehead atoms. The molecule has 356 valence electrons. The number of Topliss-reactive ketones (excluding diaryl/α,β-unsaturated/α-hetero) is 3. The second-order valence-corrected chi connectivity index (χ2v) is 18.8. The van der Waals surface area contributed by atoms with Gasteiger partial charge in [0.05, 0.1) is 24.4 Å². The summed E-state index contributed by atoms with van der Waals surface area (Å²) >= 11 is 0. The van der Waals surface area contributed by atoms with Gasteiger partial charge in [0.2, 0.25) is 5.79 Å². The molecule has 14 heteroatoms. The van der Waals surface area contributed by atoms with Crippen LogP contribution in [0.2, 0.25) is 0 Å². The zero-order valence-corrected chi connectivity index (χ0v) is 39.1. The summed E-state index contributed by atoms with van der Waals surface area (Å²) in [7, 11) is 4.52. The van der Waals surface area contributed by atoms with E-state index in [9.17, 15) is 39.3 Å². The second-order valence-electron chi connectivity index (χ2n) is 18.8. The molecule has 2 saturated heterocycles. The van der Waals surface area contributed by atoms with Crippen LogP contribution >= 0.6 is 0 Å². The fourth-order valence-electron chi connectivity index (χ4n) is 9.76. The van der Waals surface area contributed by atoms with Gasteiger partial charge in [-0.05, 0) is 101 Å². The van der Waals surface area contributed by atoms with Gasteiger partial charge >= 0.3 is 5.97 Å². The summed E-state index contributed by atoms with van der Waals surface area (Å²) in [5.41, 5.74) is 0.402. The van der Waals surface area contributed by atoms with Gasteiger partial charge in [-0.2, -0.15) is 0 Å². The first-order valence-corrected chi connectivity index (χ1v) is 23.4. The number of cyclic esters (lactones) is 1. The highest BCUT2D eigenvalue weighted by Crippen LogP contribution is 2.37. The topological polar surface area (TPSA) is 195 Å². The lowest BCUT2D eigenvalue weighted by atomic mass is 9.78. The molecule has 3 fully saturated rings. The van der Waals surface area contributed by atoms with E-state index in [1.54, 1.807) is 41.1 Å². The molecule has 14 nitrogen and oxygen atoms in total. The lowest BCUT2D eigenvalue weighted by Gasteiger charge is -2.42. The molecule has 0 spiro atoms. The van der Waals surface area contributed by atoms with E-state index in [1.165, 1.54) is 12.0 Å². The Kier molecular flexibility index (Phi) is 20.8. The number of hydrogen-bond acceptors (Lipinski definition) is 13. The molecule has 3 aliphatic heterocycles. The highest BCUT2D eigenvalue weighted by Gasteiger charge is 2.53. The highest BCUT2D eigenvalue weighted by molar-refractivity contribution is 6.39. The first-order chi connectivity index (χ1) is 29.9. The smallest absolute Gasteiger partial charge is 0.329 e. The van der Waals surface area contributed by atoms with E-state index in [0.717, 1.165) is 25.7 Å². The number of aliphatic hydroxyl groups excluding tert-OH is 2. The van der Waals surface area contributed by atoms with Gasteiger partial charge in [0, 0.05) is 58.5 Å². The number of piperidine rings is 1. The summed E-state index contributed by atoms with van der Waals surface area (Å²) in [6.45, 7) is 8.86. The zero-order chi connectivity index (χ0) is 46.4. The number of fused-ring (bicyclic) bond motifs is 3. The first-order valence-electron chi connectivity index (χ1n) is 23.4. The zero-order valence-electron chi connectivity index (χ0n) is 39.1. The Balaban J connectivity index is 1.66. The van der Waals surface area contributed by atoms with Crippen molar-refractivity contribution in [2.24, 2.45) is 29.6 Å². The predicted octanol–water partition coefficient (Wildman–Crippen LogP) is 5.77. The second kappa shape index (κ2) is 25.0. The summed E-state index contributed by atoms with van der Waals surface area (Å²) in [5.74, 6) is -7.78. The van der Waals surface area contributed by atoms with Crippen molar-refractivity contribution < 1.29 is 63.0 Å². The Morgan fingerprint density at radius 1 is 0.873 bits per heavy atom. The number of hydrogen-bond donors (Lipinski definition) is 3. The molecule has 4 aliphatic rings. The number of amides is 1. The van der Waals surface area contributed by atoms with Crippen LogP contribution < -0.4 is 0 Å². The minimum absolute atomic E-state index is 0.0947. The Hall–Kier alpha value is -3.11. The molecule has 1 saturated carbocycles. The molecular weight excluding hydrogens is 811 g/mol. The van der Waals surface area contributed by atoms with Gasteiger partial charge in [0.1, 0.15) is 30.1 Å². The fourth-order valence-corrected chi connectivity index (χ4v) is 9.76. The molecule has 1 aliphatic carbocycles. The van der Waals surface area contributed by atoms with Crippen molar-refractivity contribution in [1.29, 1.82) is 0 Å². The highest BCUT2D eigenvalue weighted by atomic mass is 16.6. The normalized spacial score (nSPS) is 39.4. The Bertz CT molecular complexity index is 1630. The molecule has 3 N–H and O–H groups in total. The van der Waals surface area contributed by atoms with Gasteiger partial charge in [0.25, 0.3) is 11.7 Å². The number of allylic oxidation sites excluding steroid dienone is 4. The molecule has 0 radical (unpaired) electrons. The number of ether oxygens (including phenoxy) is 5. The lowest BCUT2D eigenvalue weighted by molar-refractivity contribution is -0.265. The van der Waals surface area contributed by atoms with Crippen LogP contribution in [0, 0.1) is 29.6 Å². The van der Waals surface area contributed by atoms with E-state index in [-0.39, 0.29) is 54.8 Å². The van der Waals surface area contributed by atoms with Crippen molar-refractivity contribution in [2.45, 2.75) is 185 Å². The average molecular weight is 888 g/mol. The number of ketones is 3. The molecule has 63 heavy (non-hydrogen) atoms. The molecule has 0 aromatic carbocycles. The van der Waals surface area contributed by atoms with Gasteiger partial charge in [0.15, 0.2) is 5.78 Å². The van der Waals surface area contributed by atoms with Crippen LogP contribution in [-0.2, 0) is 47.7 Å².